The van der Waals surface area contributed by atoms with E-state index < -0.39 is 0 Å². The summed E-state index contributed by atoms with van der Waals surface area (Å²) in [4.78, 5) is 2.55. The molecule has 0 saturated carbocycles. The monoisotopic (exact) mass is 335 g/mol. The van der Waals surface area contributed by atoms with Crippen LogP contribution in [0.3, 0.4) is 0 Å². The Labute approximate surface area is 151 Å². The molecule has 0 fully saturated rings. The number of fused-ring (bicyclic) bond motifs is 8. The maximum Gasteiger partial charge on any atom is 0.219 e. The summed E-state index contributed by atoms with van der Waals surface area (Å²) in [6, 6.07) is 22.2. The summed E-state index contributed by atoms with van der Waals surface area (Å²) in [5, 5.41) is 5.42. The molecule has 0 amide bonds. The third-order valence-corrected chi connectivity index (χ3v) is 5.84. The molecule has 4 heterocycles. The van der Waals surface area contributed by atoms with Crippen molar-refractivity contribution in [2.45, 2.75) is 6.42 Å². The molecule has 2 nitrogen and oxygen atoms in total. The van der Waals surface area contributed by atoms with E-state index in [1.807, 2.05) is 0 Å². The molecule has 0 unspecified atom stereocenters. The smallest absolute Gasteiger partial charge is 0.219 e. The molecule has 0 radical (unpaired) electrons. The van der Waals surface area contributed by atoms with Gasteiger partial charge in [-0.3, -0.25) is 0 Å². The van der Waals surface area contributed by atoms with Crippen molar-refractivity contribution < 1.29 is 4.40 Å². The summed E-state index contributed by atoms with van der Waals surface area (Å²) >= 11 is 0. The first-order chi connectivity index (χ1) is 12.9. The Morgan fingerprint density at radius 1 is 0.846 bits per heavy atom. The first kappa shape index (κ1) is 14.1. The third-order valence-electron chi connectivity index (χ3n) is 5.84. The van der Waals surface area contributed by atoms with Gasteiger partial charge in [0.25, 0.3) is 0 Å². The SMILES string of the molecule is C1=c2ccc3cc[n+]4ccccc4c3c2=C2c3ccccc3CCN2C1. The van der Waals surface area contributed by atoms with Gasteiger partial charge in [-0.25, -0.2) is 0 Å². The lowest BCUT2D eigenvalue weighted by Gasteiger charge is -2.34. The summed E-state index contributed by atoms with van der Waals surface area (Å²) in [5.41, 5.74) is 5.55. The van der Waals surface area contributed by atoms with Crippen LogP contribution in [0.25, 0.3) is 28.1 Å². The molecule has 2 aliphatic heterocycles. The van der Waals surface area contributed by atoms with Crippen LogP contribution in [-0.2, 0) is 6.42 Å². The average molecular weight is 335 g/mol. The number of nitrogens with zero attached hydrogens (tertiary/aromatic N) is 2. The van der Waals surface area contributed by atoms with Gasteiger partial charge in [0.2, 0.25) is 5.52 Å². The zero-order chi connectivity index (χ0) is 17.1. The summed E-state index contributed by atoms with van der Waals surface area (Å²) in [6.45, 7) is 2.09. The average Bonchev–Trinajstić information content (AvgIpc) is 2.72. The molecule has 2 aromatic carbocycles. The highest BCUT2D eigenvalue weighted by Gasteiger charge is 2.24. The Kier molecular flexibility index (Phi) is 2.81. The quantitative estimate of drug-likeness (QED) is 0.354. The fraction of sp³-hybridized carbons (Fsp3) is 0.125. The van der Waals surface area contributed by atoms with Gasteiger partial charge in [0, 0.05) is 42.1 Å². The minimum absolute atomic E-state index is 1.00. The van der Waals surface area contributed by atoms with E-state index in [2.05, 4.69) is 88.4 Å². The second-order valence-electron chi connectivity index (χ2n) is 7.21. The molecule has 0 aliphatic carbocycles. The van der Waals surface area contributed by atoms with Crippen molar-refractivity contribution in [3.8, 4) is 0 Å². The van der Waals surface area contributed by atoms with E-state index in [4.69, 9.17) is 0 Å². The number of benzene rings is 2. The lowest BCUT2D eigenvalue weighted by Crippen LogP contribution is -2.44. The first-order valence-corrected chi connectivity index (χ1v) is 9.30. The molecule has 0 saturated heterocycles. The van der Waals surface area contributed by atoms with Gasteiger partial charge in [0.1, 0.15) is 0 Å². The predicted octanol–water partition coefficient (Wildman–Crippen LogP) is 2.39. The van der Waals surface area contributed by atoms with Crippen molar-refractivity contribution in [2.75, 3.05) is 13.1 Å². The van der Waals surface area contributed by atoms with Crippen LogP contribution < -0.4 is 14.8 Å². The van der Waals surface area contributed by atoms with Crippen molar-refractivity contribution in [3.05, 3.63) is 94.6 Å². The number of pyridine rings is 2. The maximum atomic E-state index is 2.55. The fourth-order valence-electron chi connectivity index (χ4n) is 4.62. The van der Waals surface area contributed by atoms with Crippen LogP contribution in [0.4, 0.5) is 0 Å². The highest BCUT2D eigenvalue weighted by Crippen LogP contribution is 2.28. The van der Waals surface area contributed by atoms with Crippen molar-refractivity contribution >= 4 is 28.1 Å². The second kappa shape index (κ2) is 5.18. The standard InChI is InChI=1S/C24H19N2/c1-2-6-20-17(5-1)10-15-26-16-12-19-9-8-18-11-14-25-13-4-3-7-21(25)22(18)23(19)24(20)26/h1-9,11-14H,10,15-16H2/q+1. The molecule has 4 aromatic rings. The summed E-state index contributed by atoms with van der Waals surface area (Å²) in [6.07, 6.45) is 7.81. The Morgan fingerprint density at radius 2 is 1.77 bits per heavy atom. The van der Waals surface area contributed by atoms with E-state index >= 15 is 0 Å². The van der Waals surface area contributed by atoms with Crippen molar-refractivity contribution in [1.82, 2.24) is 4.90 Å². The highest BCUT2D eigenvalue weighted by molar-refractivity contribution is 5.96. The fourth-order valence-corrected chi connectivity index (χ4v) is 4.62. The summed E-state index contributed by atoms with van der Waals surface area (Å²) in [7, 11) is 0. The maximum absolute atomic E-state index is 2.55. The zero-order valence-corrected chi connectivity index (χ0v) is 14.5. The Morgan fingerprint density at radius 3 is 2.77 bits per heavy atom. The van der Waals surface area contributed by atoms with Crippen molar-refractivity contribution in [2.24, 2.45) is 0 Å². The van der Waals surface area contributed by atoms with Gasteiger partial charge >= 0.3 is 0 Å². The molecule has 0 spiro atoms. The van der Waals surface area contributed by atoms with E-state index in [-0.39, 0.29) is 0 Å². The van der Waals surface area contributed by atoms with E-state index in [1.165, 1.54) is 43.6 Å². The van der Waals surface area contributed by atoms with Crippen LogP contribution >= 0.6 is 0 Å². The van der Waals surface area contributed by atoms with E-state index in [1.54, 1.807) is 0 Å². The van der Waals surface area contributed by atoms with Gasteiger partial charge in [0.05, 0.1) is 11.1 Å². The lowest BCUT2D eigenvalue weighted by molar-refractivity contribution is -0.510. The Bertz CT molecular complexity index is 1320. The van der Waals surface area contributed by atoms with E-state index in [0.29, 0.717) is 0 Å². The van der Waals surface area contributed by atoms with Crippen molar-refractivity contribution in [1.29, 1.82) is 0 Å². The van der Waals surface area contributed by atoms with Crippen LogP contribution in [0.1, 0.15) is 11.1 Å². The summed E-state index contributed by atoms with van der Waals surface area (Å²) < 4.78 is 2.23. The largest absolute Gasteiger partial charge is 0.366 e. The van der Waals surface area contributed by atoms with Gasteiger partial charge < -0.3 is 4.90 Å². The molecule has 26 heavy (non-hydrogen) atoms. The number of hydrogen-bond acceptors (Lipinski definition) is 1. The molecular weight excluding hydrogens is 316 g/mol. The Balaban J connectivity index is 1.92. The number of hydrogen-bond donors (Lipinski definition) is 0. The topological polar surface area (TPSA) is 7.34 Å². The van der Waals surface area contributed by atoms with Crippen LogP contribution in [-0.4, -0.2) is 18.0 Å². The van der Waals surface area contributed by atoms with Gasteiger partial charge in [0.15, 0.2) is 12.4 Å². The molecular formula is C24H19N2+. The molecule has 0 atom stereocenters. The minimum Gasteiger partial charge on any atom is -0.366 e. The van der Waals surface area contributed by atoms with Crippen LogP contribution in [0, 0.1) is 0 Å². The molecule has 0 bridgehead atoms. The zero-order valence-electron chi connectivity index (χ0n) is 14.5. The normalized spacial score (nSPS) is 15.4. The lowest BCUT2D eigenvalue weighted by atomic mass is 9.91. The van der Waals surface area contributed by atoms with Crippen LogP contribution in [0.5, 0.6) is 0 Å². The minimum atomic E-state index is 1.00. The van der Waals surface area contributed by atoms with Gasteiger partial charge in [-0.1, -0.05) is 42.5 Å². The van der Waals surface area contributed by atoms with Crippen molar-refractivity contribution in [3.63, 3.8) is 0 Å². The predicted molar refractivity (Wildman–Crippen MR) is 105 cm³/mol. The van der Waals surface area contributed by atoms with Gasteiger partial charge in [-0.15, -0.1) is 0 Å². The summed E-state index contributed by atoms with van der Waals surface area (Å²) in [5.74, 6) is 0. The molecule has 2 aromatic heterocycles. The van der Waals surface area contributed by atoms with E-state index in [0.717, 1.165) is 19.5 Å². The van der Waals surface area contributed by atoms with Gasteiger partial charge in [-0.2, -0.15) is 4.40 Å². The second-order valence-corrected chi connectivity index (χ2v) is 7.21. The molecule has 124 valence electrons. The number of rotatable bonds is 0. The highest BCUT2D eigenvalue weighted by atomic mass is 15.1. The van der Waals surface area contributed by atoms with Gasteiger partial charge in [-0.05, 0) is 28.7 Å². The molecule has 2 heteroatoms. The number of aromatic nitrogens is 1. The molecule has 6 rings (SSSR count). The third kappa shape index (κ3) is 1.84. The first-order valence-electron chi connectivity index (χ1n) is 9.30. The molecule has 2 aliphatic rings. The molecule has 0 N–H and O–H groups in total. The Hall–Kier alpha value is -3.13. The van der Waals surface area contributed by atoms with Crippen LogP contribution in [0.15, 0.2) is 73.1 Å². The van der Waals surface area contributed by atoms with E-state index in [9.17, 15) is 0 Å². The van der Waals surface area contributed by atoms with Crippen LogP contribution in [0.2, 0.25) is 0 Å².